The molecule has 1 atom stereocenters. The van der Waals surface area contributed by atoms with Gasteiger partial charge in [-0.15, -0.1) is 0 Å². The number of carbonyl (C=O) groups excluding carboxylic acids is 2. The van der Waals surface area contributed by atoms with Crippen LogP contribution in [0.25, 0.3) is 0 Å². The van der Waals surface area contributed by atoms with Gasteiger partial charge in [-0.2, -0.15) is 5.10 Å². The summed E-state index contributed by atoms with van der Waals surface area (Å²) in [5, 5.41) is 6.43. The topological polar surface area (TPSA) is 72.1 Å². The Hall–Kier alpha value is -1.65. The normalized spacial score (nSPS) is 25.1. The summed E-state index contributed by atoms with van der Waals surface area (Å²) in [4.78, 5) is 22.7. The molecule has 0 bridgehead atoms. The molecule has 2 rings (SSSR count). The number of H-pyrrole nitrogens is 1. The average molecular weight is 194 g/mol. The SMILES string of the molecule is CC1(C)C(=O)OC(=O)C1c1ccn[nH]1. The molecule has 14 heavy (non-hydrogen) atoms. The van der Waals surface area contributed by atoms with Crippen LogP contribution in [0.2, 0.25) is 0 Å². The Balaban J connectivity index is 2.44. The summed E-state index contributed by atoms with van der Waals surface area (Å²) in [5.41, 5.74) is -0.199. The molecule has 5 nitrogen and oxygen atoms in total. The highest BCUT2D eigenvalue weighted by Crippen LogP contribution is 2.41. The fourth-order valence-electron chi connectivity index (χ4n) is 1.64. The molecule has 0 aliphatic carbocycles. The predicted molar refractivity (Wildman–Crippen MR) is 46.2 cm³/mol. The number of esters is 2. The van der Waals surface area contributed by atoms with Crippen molar-refractivity contribution < 1.29 is 14.3 Å². The van der Waals surface area contributed by atoms with Gasteiger partial charge in [0.05, 0.1) is 11.1 Å². The van der Waals surface area contributed by atoms with E-state index in [1.54, 1.807) is 26.1 Å². The lowest BCUT2D eigenvalue weighted by atomic mass is 9.79. The van der Waals surface area contributed by atoms with Gasteiger partial charge in [-0.1, -0.05) is 0 Å². The molecule has 1 aromatic rings. The minimum Gasteiger partial charge on any atom is -0.392 e. The molecule has 74 valence electrons. The molecule has 1 N–H and O–H groups in total. The molecule has 1 saturated heterocycles. The van der Waals surface area contributed by atoms with E-state index in [4.69, 9.17) is 0 Å². The van der Waals surface area contributed by atoms with E-state index in [9.17, 15) is 9.59 Å². The number of rotatable bonds is 1. The maximum Gasteiger partial charge on any atom is 0.323 e. The molecule has 2 heterocycles. The number of carbonyl (C=O) groups is 2. The van der Waals surface area contributed by atoms with Gasteiger partial charge in [-0.25, -0.2) is 0 Å². The number of aromatic amines is 1. The van der Waals surface area contributed by atoms with Gasteiger partial charge in [0.2, 0.25) is 0 Å². The molecule has 1 aliphatic rings. The third-order valence-electron chi connectivity index (χ3n) is 2.51. The first kappa shape index (κ1) is 8.93. The van der Waals surface area contributed by atoms with Gasteiger partial charge in [0.15, 0.2) is 0 Å². The van der Waals surface area contributed by atoms with E-state index < -0.39 is 23.3 Å². The number of nitrogens with zero attached hydrogens (tertiary/aromatic N) is 1. The highest BCUT2D eigenvalue weighted by Gasteiger charge is 2.52. The van der Waals surface area contributed by atoms with Crippen LogP contribution in [-0.2, 0) is 14.3 Å². The van der Waals surface area contributed by atoms with Crippen LogP contribution in [0.5, 0.6) is 0 Å². The van der Waals surface area contributed by atoms with Crippen LogP contribution in [0.4, 0.5) is 0 Å². The Morgan fingerprint density at radius 1 is 1.50 bits per heavy atom. The van der Waals surface area contributed by atoms with E-state index in [-0.39, 0.29) is 0 Å². The first-order valence-electron chi connectivity index (χ1n) is 4.29. The first-order chi connectivity index (χ1) is 6.53. The lowest BCUT2D eigenvalue weighted by Crippen LogP contribution is -2.25. The van der Waals surface area contributed by atoms with Crippen molar-refractivity contribution >= 4 is 11.9 Å². The zero-order chi connectivity index (χ0) is 10.3. The quantitative estimate of drug-likeness (QED) is 0.525. The van der Waals surface area contributed by atoms with E-state index >= 15 is 0 Å². The number of ether oxygens (including phenoxy) is 1. The Morgan fingerprint density at radius 3 is 2.64 bits per heavy atom. The van der Waals surface area contributed by atoms with Crippen LogP contribution in [-0.4, -0.2) is 22.1 Å². The number of cyclic esters (lactones) is 2. The number of hydrogen-bond donors (Lipinski definition) is 1. The largest absolute Gasteiger partial charge is 0.392 e. The number of nitrogens with one attached hydrogen (secondary N) is 1. The zero-order valence-electron chi connectivity index (χ0n) is 7.90. The molecule has 0 aromatic carbocycles. The molecule has 0 saturated carbocycles. The summed E-state index contributed by atoms with van der Waals surface area (Å²) in [6.45, 7) is 3.37. The van der Waals surface area contributed by atoms with E-state index in [2.05, 4.69) is 14.9 Å². The second-order valence-corrected chi connectivity index (χ2v) is 3.88. The Labute approximate surface area is 80.4 Å². The summed E-state index contributed by atoms with van der Waals surface area (Å²) in [7, 11) is 0. The number of hydrogen-bond acceptors (Lipinski definition) is 4. The van der Waals surface area contributed by atoms with Crippen molar-refractivity contribution in [1.82, 2.24) is 10.2 Å². The molecule has 0 radical (unpaired) electrons. The van der Waals surface area contributed by atoms with Crippen LogP contribution in [0, 0.1) is 5.41 Å². The summed E-state index contributed by atoms with van der Waals surface area (Å²) < 4.78 is 4.59. The fourth-order valence-corrected chi connectivity index (χ4v) is 1.64. The summed E-state index contributed by atoms with van der Waals surface area (Å²) in [6, 6.07) is 1.67. The Bertz CT molecular complexity index is 381. The summed E-state index contributed by atoms with van der Waals surface area (Å²) in [5.74, 6) is -1.57. The van der Waals surface area contributed by atoms with Crippen molar-refractivity contribution in [2.45, 2.75) is 19.8 Å². The lowest BCUT2D eigenvalue weighted by Gasteiger charge is -2.17. The molecule has 1 fully saturated rings. The Morgan fingerprint density at radius 2 is 2.21 bits per heavy atom. The molecule has 0 spiro atoms. The minimum atomic E-state index is -0.816. The van der Waals surface area contributed by atoms with Crippen molar-refractivity contribution in [1.29, 1.82) is 0 Å². The second-order valence-electron chi connectivity index (χ2n) is 3.88. The van der Waals surface area contributed by atoms with Gasteiger partial charge in [-0.3, -0.25) is 14.7 Å². The zero-order valence-corrected chi connectivity index (χ0v) is 7.90. The molecule has 5 heteroatoms. The minimum absolute atomic E-state index is 0.484. The van der Waals surface area contributed by atoms with Crippen LogP contribution < -0.4 is 0 Å². The smallest absolute Gasteiger partial charge is 0.323 e. The average Bonchev–Trinajstić information content (AvgIpc) is 2.61. The molecule has 1 aromatic heterocycles. The van der Waals surface area contributed by atoms with Crippen molar-refractivity contribution in [3.8, 4) is 0 Å². The number of aromatic nitrogens is 2. The van der Waals surface area contributed by atoms with Crippen LogP contribution in [0.15, 0.2) is 12.3 Å². The van der Waals surface area contributed by atoms with Gasteiger partial charge in [-0.05, 0) is 19.9 Å². The lowest BCUT2D eigenvalue weighted by molar-refractivity contribution is -0.154. The molecular formula is C9H10N2O3. The van der Waals surface area contributed by atoms with Gasteiger partial charge in [0.25, 0.3) is 0 Å². The standard InChI is InChI=1S/C9H10N2O3/c1-9(2)6(5-3-4-10-11-5)7(12)14-8(9)13/h3-4,6H,1-2H3,(H,10,11). The summed E-state index contributed by atoms with van der Waals surface area (Å²) >= 11 is 0. The van der Waals surface area contributed by atoms with Crippen molar-refractivity contribution in [3.05, 3.63) is 18.0 Å². The highest BCUT2D eigenvalue weighted by molar-refractivity contribution is 6.01. The molecule has 1 aliphatic heterocycles. The third kappa shape index (κ3) is 1.05. The van der Waals surface area contributed by atoms with E-state index in [1.807, 2.05) is 0 Å². The maximum absolute atomic E-state index is 11.4. The van der Waals surface area contributed by atoms with Crippen LogP contribution >= 0.6 is 0 Å². The van der Waals surface area contributed by atoms with Crippen molar-refractivity contribution in [2.24, 2.45) is 5.41 Å². The van der Waals surface area contributed by atoms with E-state index in [0.29, 0.717) is 5.69 Å². The first-order valence-corrected chi connectivity index (χ1v) is 4.29. The Kier molecular flexibility index (Phi) is 1.70. The molecule has 0 amide bonds. The molecule has 1 unspecified atom stereocenters. The van der Waals surface area contributed by atoms with Crippen molar-refractivity contribution in [2.75, 3.05) is 0 Å². The van der Waals surface area contributed by atoms with Gasteiger partial charge < -0.3 is 4.74 Å². The predicted octanol–water partition coefficient (Wildman–Crippen LogP) is 0.603. The van der Waals surface area contributed by atoms with E-state index in [1.165, 1.54) is 0 Å². The monoisotopic (exact) mass is 194 g/mol. The molecular weight excluding hydrogens is 184 g/mol. The summed E-state index contributed by atoms with van der Waals surface area (Å²) in [6.07, 6.45) is 1.54. The van der Waals surface area contributed by atoms with Crippen LogP contribution in [0.1, 0.15) is 25.5 Å². The fraction of sp³-hybridized carbons (Fsp3) is 0.444. The maximum atomic E-state index is 11.4. The van der Waals surface area contributed by atoms with Gasteiger partial charge in [0, 0.05) is 6.20 Å². The van der Waals surface area contributed by atoms with Crippen LogP contribution in [0.3, 0.4) is 0 Å². The van der Waals surface area contributed by atoms with Gasteiger partial charge >= 0.3 is 11.9 Å². The van der Waals surface area contributed by atoms with Gasteiger partial charge in [0.1, 0.15) is 5.92 Å². The van der Waals surface area contributed by atoms with Crippen molar-refractivity contribution in [3.63, 3.8) is 0 Å². The third-order valence-corrected chi connectivity index (χ3v) is 2.51. The van der Waals surface area contributed by atoms with E-state index in [0.717, 1.165) is 0 Å². The second kappa shape index (κ2) is 2.67. The highest BCUT2D eigenvalue weighted by atomic mass is 16.6.